The van der Waals surface area contributed by atoms with Gasteiger partial charge in [0.1, 0.15) is 24.4 Å². The second-order valence-electron chi connectivity index (χ2n) is 18.5. The van der Waals surface area contributed by atoms with Crippen molar-refractivity contribution < 1.29 is 51.8 Å². The molecule has 7 unspecified atom stereocenters. The summed E-state index contributed by atoms with van der Waals surface area (Å²) in [6.07, 6.45) is 40.8. The lowest BCUT2D eigenvalue weighted by atomic mass is 9.99. The van der Waals surface area contributed by atoms with Crippen molar-refractivity contribution in [3.63, 3.8) is 0 Å². The third kappa shape index (κ3) is 34.0. The molecule has 7 atom stereocenters. The predicted molar refractivity (Wildman–Crippen MR) is 259 cm³/mol. The molecule has 0 saturated carbocycles. The van der Waals surface area contributed by atoms with Crippen molar-refractivity contribution in [1.82, 2.24) is 5.32 Å². The minimum Gasteiger partial charge on any atom is -0.394 e. The summed E-state index contributed by atoms with van der Waals surface area (Å²) in [5.41, 5.74) is 0. The monoisotopic (exact) mass is 932 g/mol. The fraction of sp³-hybridized carbons (Fsp3) is 0.902. The van der Waals surface area contributed by atoms with Gasteiger partial charge in [0.2, 0.25) is 5.91 Å². The quantitative estimate of drug-likeness (QED) is 0.0193. The molecule has 1 rings (SSSR count). The largest absolute Gasteiger partial charge is 0.397 e. The standard InChI is InChI=1S/C51H97NO11S/c1-3-5-7-9-11-13-15-17-19-20-21-22-23-24-25-26-27-29-31-33-35-37-39-41-47(55)52-44(43-61-51-49(57)50(63-64(58,59)60)48(56)46(42-53)62-51)45(54)40-38-36-34-32-30-28-18-16-14-12-10-8-6-4-2/h24-25,38,40,44-46,48-51,53-54,56-57H,3-23,26-37,39,41-43H2,1-2H3,(H,52,55)(H,58,59,60)/b25-24-,40-38+. The molecule has 1 aliphatic heterocycles. The molecule has 1 fully saturated rings. The van der Waals surface area contributed by atoms with Crippen molar-refractivity contribution in [1.29, 1.82) is 0 Å². The number of allylic oxidation sites excluding steroid dienone is 3. The first-order chi connectivity index (χ1) is 31.0. The van der Waals surface area contributed by atoms with Gasteiger partial charge in [-0.3, -0.25) is 9.35 Å². The summed E-state index contributed by atoms with van der Waals surface area (Å²) in [7, 11) is -5.09. The van der Waals surface area contributed by atoms with Crippen molar-refractivity contribution >= 4 is 16.3 Å². The molecule has 0 aromatic rings. The van der Waals surface area contributed by atoms with E-state index in [1.54, 1.807) is 6.08 Å². The highest BCUT2D eigenvalue weighted by Crippen LogP contribution is 2.26. The Morgan fingerprint density at radius 2 is 1.00 bits per heavy atom. The number of rotatable bonds is 45. The van der Waals surface area contributed by atoms with Gasteiger partial charge in [0.05, 0.1) is 25.4 Å². The van der Waals surface area contributed by atoms with Crippen LogP contribution < -0.4 is 5.32 Å². The predicted octanol–water partition coefficient (Wildman–Crippen LogP) is 11.3. The Morgan fingerprint density at radius 3 is 1.41 bits per heavy atom. The fourth-order valence-electron chi connectivity index (χ4n) is 8.39. The van der Waals surface area contributed by atoms with Gasteiger partial charge in [-0.05, 0) is 44.9 Å². The highest BCUT2D eigenvalue weighted by Gasteiger charge is 2.48. The van der Waals surface area contributed by atoms with E-state index in [0.29, 0.717) is 6.42 Å². The molecule has 13 heteroatoms. The summed E-state index contributed by atoms with van der Waals surface area (Å²) in [5, 5.41) is 44.8. The average Bonchev–Trinajstić information content (AvgIpc) is 3.27. The van der Waals surface area contributed by atoms with Gasteiger partial charge in [-0.1, -0.05) is 212 Å². The first kappa shape index (κ1) is 60.6. The van der Waals surface area contributed by atoms with E-state index in [1.807, 2.05) is 6.08 Å². The van der Waals surface area contributed by atoms with Crippen LogP contribution in [0.4, 0.5) is 0 Å². The molecule has 0 aliphatic carbocycles. The van der Waals surface area contributed by atoms with Crippen LogP contribution in [0, 0.1) is 0 Å². The SMILES string of the molecule is CCCCCCCCCCCCCC/C=C\CCCCCCCCCC(=O)NC(COC1OC(CO)C(O)C(OS(=O)(=O)O)C1O)C(O)/C=C/CCCCCCCCCCCCCC. The van der Waals surface area contributed by atoms with Gasteiger partial charge < -0.3 is 35.2 Å². The number of hydrogen-bond acceptors (Lipinski definition) is 10. The van der Waals surface area contributed by atoms with Gasteiger partial charge in [-0.15, -0.1) is 0 Å². The highest BCUT2D eigenvalue weighted by molar-refractivity contribution is 7.80. The van der Waals surface area contributed by atoms with E-state index in [-0.39, 0.29) is 18.9 Å². The van der Waals surface area contributed by atoms with E-state index >= 15 is 0 Å². The molecular weight excluding hydrogens is 835 g/mol. The number of nitrogens with one attached hydrogen (secondary N) is 1. The molecule has 1 aliphatic rings. The Balaban J connectivity index is 2.41. The first-order valence-corrected chi connectivity index (χ1v) is 27.6. The Hall–Kier alpha value is -1.42. The number of ether oxygens (including phenoxy) is 2. The number of aliphatic hydroxyl groups is 4. The third-order valence-electron chi connectivity index (χ3n) is 12.5. The maximum Gasteiger partial charge on any atom is 0.397 e. The zero-order chi connectivity index (χ0) is 46.9. The number of hydrogen-bond donors (Lipinski definition) is 6. The highest BCUT2D eigenvalue weighted by atomic mass is 32.3. The van der Waals surface area contributed by atoms with Gasteiger partial charge in [0, 0.05) is 6.42 Å². The third-order valence-corrected chi connectivity index (χ3v) is 12.9. The summed E-state index contributed by atoms with van der Waals surface area (Å²) in [6.45, 7) is 3.40. The Morgan fingerprint density at radius 1 is 0.609 bits per heavy atom. The lowest BCUT2D eigenvalue weighted by molar-refractivity contribution is -0.298. The van der Waals surface area contributed by atoms with Gasteiger partial charge in [-0.2, -0.15) is 8.42 Å². The lowest BCUT2D eigenvalue weighted by Crippen LogP contribution is -2.61. The number of carbonyl (C=O) groups excluding carboxylic acids is 1. The van der Waals surface area contributed by atoms with Crippen molar-refractivity contribution in [2.45, 2.75) is 281 Å². The second-order valence-corrected chi connectivity index (χ2v) is 19.5. The van der Waals surface area contributed by atoms with Crippen LogP contribution in [0.2, 0.25) is 0 Å². The summed E-state index contributed by atoms with van der Waals surface area (Å²) in [6, 6.07) is -0.944. The van der Waals surface area contributed by atoms with E-state index in [0.717, 1.165) is 44.9 Å². The normalized spacial score (nSPS) is 20.4. The summed E-state index contributed by atoms with van der Waals surface area (Å²) < 4.78 is 47.7. The van der Waals surface area contributed by atoms with E-state index in [9.17, 15) is 38.2 Å². The zero-order valence-corrected chi connectivity index (χ0v) is 41.4. The molecule has 1 heterocycles. The van der Waals surface area contributed by atoms with Crippen LogP contribution in [0.1, 0.15) is 239 Å². The van der Waals surface area contributed by atoms with Gasteiger partial charge >= 0.3 is 10.4 Å². The molecule has 6 N–H and O–H groups in total. The van der Waals surface area contributed by atoms with Crippen LogP contribution >= 0.6 is 0 Å². The number of unbranched alkanes of at least 4 members (excludes halogenated alkanes) is 31. The maximum atomic E-state index is 13.1. The second kappa shape index (κ2) is 41.7. The van der Waals surface area contributed by atoms with E-state index in [4.69, 9.17) is 9.47 Å². The number of aliphatic hydroxyl groups excluding tert-OH is 4. The summed E-state index contributed by atoms with van der Waals surface area (Å²) >= 11 is 0. The fourth-order valence-corrected chi connectivity index (χ4v) is 8.90. The van der Waals surface area contributed by atoms with Gasteiger partial charge in [0.25, 0.3) is 0 Å². The Bertz CT molecular complexity index is 1230. The number of carbonyl (C=O) groups is 1. The molecule has 1 amide bonds. The van der Waals surface area contributed by atoms with E-state index in [2.05, 4.69) is 35.5 Å². The average molecular weight is 932 g/mol. The number of amides is 1. The molecular formula is C51H97NO11S. The van der Waals surface area contributed by atoms with Crippen LogP contribution in [0.5, 0.6) is 0 Å². The molecule has 0 aromatic heterocycles. The van der Waals surface area contributed by atoms with Crippen molar-refractivity contribution in [2.75, 3.05) is 13.2 Å². The summed E-state index contributed by atoms with van der Waals surface area (Å²) in [5.74, 6) is -0.265. The zero-order valence-electron chi connectivity index (χ0n) is 40.6. The molecule has 0 bridgehead atoms. The topological polar surface area (TPSA) is 192 Å². The molecule has 378 valence electrons. The first-order valence-electron chi connectivity index (χ1n) is 26.2. The molecule has 12 nitrogen and oxygen atoms in total. The van der Waals surface area contributed by atoms with Crippen molar-refractivity contribution in [3.8, 4) is 0 Å². The Labute approximate surface area is 391 Å². The molecule has 1 saturated heterocycles. The maximum absolute atomic E-state index is 13.1. The van der Waals surface area contributed by atoms with Crippen LogP contribution in [-0.2, 0) is 28.9 Å². The summed E-state index contributed by atoms with van der Waals surface area (Å²) in [4.78, 5) is 13.1. The molecule has 0 radical (unpaired) electrons. The van der Waals surface area contributed by atoms with Crippen LogP contribution in [-0.4, -0.2) is 95.4 Å². The smallest absolute Gasteiger partial charge is 0.394 e. The van der Waals surface area contributed by atoms with E-state index < -0.39 is 59.9 Å². The minimum atomic E-state index is -5.09. The molecule has 0 spiro atoms. The van der Waals surface area contributed by atoms with Crippen LogP contribution in [0.3, 0.4) is 0 Å². The molecule has 0 aromatic carbocycles. The van der Waals surface area contributed by atoms with Gasteiger partial charge in [0.15, 0.2) is 6.29 Å². The Kier molecular flexibility index (Phi) is 39.5. The minimum absolute atomic E-state index is 0.265. The van der Waals surface area contributed by atoms with Crippen LogP contribution in [0.25, 0.3) is 0 Å². The van der Waals surface area contributed by atoms with Gasteiger partial charge in [-0.25, -0.2) is 4.18 Å². The van der Waals surface area contributed by atoms with Crippen molar-refractivity contribution in [2.24, 2.45) is 0 Å². The van der Waals surface area contributed by atoms with E-state index in [1.165, 1.54) is 167 Å². The van der Waals surface area contributed by atoms with Crippen LogP contribution in [0.15, 0.2) is 24.3 Å². The molecule has 64 heavy (non-hydrogen) atoms. The van der Waals surface area contributed by atoms with Crippen molar-refractivity contribution in [3.05, 3.63) is 24.3 Å². The lowest BCUT2D eigenvalue weighted by Gasteiger charge is -2.41.